The third-order valence-corrected chi connectivity index (χ3v) is 6.35. The Labute approximate surface area is 212 Å². The lowest BCUT2D eigenvalue weighted by Crippen LogP contribution is -2.48. The first-order valence-corrected chi connectivity index (χ1v) is 12.0. The van der Waals surface area contributed by atoms with E-state index in [1.807, 2.05) is 18.2 Å². The number of guanidine groups is 1. The Morgan fingerprint density at radius 1 is 1.06 bits per heavy atom. The van der Waals surface area contributed by atoms with Crippen molar-refractivity contribution in [1.29, 1.82) is 0 Å². The summed E-state index contributed by atoms with van der Waals surface area (Å²) in [6.07, 6.45) is 2.26. The fraction of sp³-hybridized carbons (Fsp3) is 0.360. The van der Waals surface area contributed by atoms with E-state index in [2.05, 4.69) is 70.3 Å². The summed E-state index contributed by atoms with van der Waals surface area (Å²) < 4.78 is 0. The zero-order valence-electron chi connectivity index (χ0n) is 18.5. The molecule has 0 bridgehead atoms. The van der Waals surface area contributed by atoms with E-state index in [1.54, 1.807) is 11.3 Å². The van der Waals surface area contributed by atoms with E-state index in [9.17, 15) is 0 Å². The van der Waals surface area contributed by atoms with Crippen LogP contribution in [0.15, 0.2) is 71.0 Å². The minimum Gasteiger partial charge on any atom is -0.357 e. The van der Waals surface area contributed by atoms with Crippen molar-refractivity contribution in [3.8, 4) is 11.3 Å². The highest BCUT2D eigenvalue weighted by molar-refractivity contribution is 14.0. The fourth-order valence-corrected chi connectivity index (χ4v) is 4.59. The molecule has 1 aliphatic heterocycles. The van der Waals surface area contributed by atoms with E-state index in [-0.39, 0.29) is 24.0 Å². The van der Waals surface area contributed by atoms with Crippen LogP contribution in [-0.4, -0.2) is 41.5 Å². The second kappa shape index (κ2) is 12.9. The summed E-state index contributed by atoms with van der Waals surface area (Å²) in [4.78, 5) is 12.1. The number of nitrogens with one attached hydrogen (secondary N) is 2. The maximum atomic E-state index is 4.80. The number of likely N-dealkylation sites (tertiary alicyclic amines) is 1. The molecule has 0 aliphatic carbocycles. The van der Waals surface area contributed by atoms with Crippen molar-refractivity contribution < 1.29 is 0 Å². The first-order chi connectivity index (χ1) is 15.3. The molecule has 0 radical (unpaired) electrons. The number of hydrogen-bond acceptors (Lipinski definition) is 4. The van der Waals surface area contributed by atoms with Gasteiger partial charge in [0.1, 0.15) is 5.01 Å². The highest BCUT2D eigenvalue weighted by Gasteiger charge is 2.20. The van der Waals surface area contributed by atoms with Crippen LogP contribution < -0.4 is 10.6 Å². The van der Waals surface area contributed by atoms with Crippen LogP contribution in [0.4, 0.5) is 0 Å². The molecule has 5 nitrogen and oxygen atoms in total. The van der Waals surface area contributed by atoms with Crippen molar-refractivity contribution >= 4 is 41.3 Å². The molecular weight excluding hydrogens is 529 g/mol. The van der Waals surface area contributed by atoms with E-state index in [1.165, 1.54) is 5.56 Å². The van der Waals surface area contributed by atoms with Gasteiger partial charge in [0.15, 0.2) is 5.96 Å². The summed E-state index contributed by atoms with van der Waals surface area (Å²) in [6.45, 7) is 6.81. The van der Waals surface area contributed by atoms with Gasteiger partial charge in [0.25, 0.3) is 0 Å². The highest BCUT2D eigenvalue weighted by Crippen LogP contribution is 2.22. The first-order valence-electron chi connectivity index (χ1n) is 11.1. The Kier molecular flexibility index (Phi) is 9.95. The van der Waals surface area contributed by atoms with Crippen molar-refractivity contribution in [2.45, 2.75) is 38.9 Å². The van der Waals surface area contributed by atoms with Crippen molar-refractivity contribution in [2.75, 3.05) is 19.6 Å². The van der Waals surface area contributed by atoms with Gasteiger partial charge < -0.3 is 10.6 Å². The van der Waals surface area contributed by atoms with Crippen LogP contribution >= 0.6 is 35.3 Å². The van der Waals surface area contributed by atoms with Crippen molar-refractivity contribution in [3.05, 3.63) is 76.6 Å². The summed E-state index contributed by atoms with van der Waals surface area (Å²) in [5, 5.41) is 10.2. The number of thiazole rings is 1. The number of piperidine rings is 1. The van der Waals surface area contributed by atoms with Crippen LogP contribution in [0, 0.1) is 0 Å². The quantitative estimate of drug-likeness (QED) is 0.238. The van der Waals surface area contributed by atoms with Gasteiger partial charge in [-0.2, -0.15) is 0 Å². The van der Waals surface area contributed by atoms with Crippen LogP contribution in [0.2, 0.25) is 0 Å². The second-order valence-electron chi connectivity index (χ2n) is 7.87. The summed E-state index contributed by atoms with van der Waals surface area (Å²) in [7, 11) is 0. The van der Waals surface area contributed by atoms with Gasteiger partial charge in [-0.15, -0.1) is 35.3 Å². The minimum absolute atomic E-state index is 0. The lowest BCUT2D eigenvalue weighted by Gasteiger charge is -2.33. The Hall–Kier alpha value is -1.97. The monoisotopic (exact) mass is 561 g/mol. The topological polar surface area (TPSA) is 52.6 Å². The van der Waals surface area contributed by atoms with Gasteiger partial charge in [-0.25, -0.2) is 9.98 Å². The molecular formula is C25H32IN5S. The molecule has 0 saturated carbocycles. The van der Waals surface area contributed by atoms with Crippen molar-refractivity contribution in [2.24, 2.45) is 4.99 Å². The average molecular weight is 562 g/mol. The zero-order valence-corrected chi connectivity index (χ0v) is 21.7. The first kappa shape index (κ1) is 24.7. The SMILES string of the molecule is CCNC(=NCc1nc(-c2ccccc2)cs1)NC1CCN(Cc2ccccc2)CC1.I. The number of hydrogen-bond donors (Lipinski definition) is 2. The summed E-state index contributed by atoms with van der Waals surface area (Å²) >= 11 is 1.67. The molecule has 4 rings (SSSR count). The number of aliphatic imine (C=N–C) groups is 1. The normalized spacial score (nSPS) is 15.2. The van der Waals surface area contributed by atoms with E-state index < -0.39 is 0 Å². The molecule has 1 fully saturated rings. The van der Waals surface area contributed by atoms with Gasteiger partial charge in [0, 0.05) is 43.2 Å². The van der Waals surface area contributed by atoms with Gasteiger partial charge in [-0.1, -0.05) is 60.7 Å². The lowest BCUT2D eigenvalue weighted by atomic mass is 10.0. The summed E-state index contributed by atoms with van der Waals surface area (Å²) in [5.41, 5.74) is 3.57. The summed E-state index contributed by atoms with van der Waals surface area (Å²) in [5.74, 6) is 0.889. The number of rotatable bonds is 7. The second-order valence-corrected chi connectivity index (χ2v) is 8.81. The minimum atomic E-state index is 0. The molecule has 0 atom stereocenters. The number of benzene rings is 2. The Morgan fingerprint density at radius 2 is 1.75 bits per heavy atom. The van der Waals surface area contributed by atoms with Gasteiger partial charge in [0.2, 0.25) is 0 Å². The fourth-order valence-electron chi connectivity index (χ4n) is 3.86. The van der Waals surface area contributed by atoms with Gasteiger partial charge in [-0.3, -0.25) is 4.90 Å². The molecule has 7 heteroatoms. The molecule has 2 heterocycles. The van der Waals surface area contributed by atoms with Crippen LogP contribution in [0.25, 0.3) is 11.3 Å². The van der Waals surface area contributed by atoms with Crippen LogP contribution in [0.5, 0.6) is 0 Å². The molecule has 170 valence electrons. The van der Waals surface area contributed by atoms with E-state index in [0.29, 0.717) is 12.6 Å². The van der Waals surface area contributed by atoms with Crippen LogP contribution in [0.1, 0.15) is 30.3 Å². The number of aromatic nitrogens is 1. The maximum Gasteiger partial charge on any atom is 0.191 e. The molecule has 1 aromatic heterocycles. The van der Waals surface area contributed by atoms with Gasteiger partial charge in [0.05, 0.1) is 12.2 Å². The molecule has 2 N–H and O–H groups in total. The molecule has 2 aromatic carbocycles. The largest absolute Gasteiger partial charge is 0.357 e. The standard InChI is InChI=1S/C25H31N5S.HI/c1-2-26-25(27-17-24-29-23(19-31-24)21-11-7-4-8-12-21)28-22-13-15-30(16-14-22)18-20-9-5-3-6-10-20;/h3-12,19,22H,2,13-18H2,1H3,(H2,26,27,28);1H. The molecule has 3 aromatic rings. The van der Waals surface area contributed by atoms with Crippen molar-refractivity contribution in [3.63, 3.8) is 0 Å². The zero-order chi connectivity index (χ0) is 21.3. The Bertz CT molecular complexity index is 953. The van der Waals surface area contributed by atoms with Crippen molar-refractivity contribution in [1.82, 2.24) is 20.5 Å². The van der Waals surface area contributed by atoms with E-state index in [0.717, 1.165) is 61.2 Å². The highest BCUT2D eigenvalue weighted by atomic mass is 127. The smallest absolute Gasteiger partial charge is 0.191 e. The molecule has 32 heavy (non-hydrogen) atoms. The molecule has 1 aliphatic rings. The number of halogens is 1. The van der Waals surface area contributed by atoms with Crippen LogP contribution in [0.3, 0.4) is 0 Å². The lowest BCUT2D eigenvalue weighted by molar-refractivity contribution is 0.198. The third kappa shape index (κ3) is 7.28. The molecule has 0 spiro atoms. The predicted octanol–water partition coefficient (Wildman–Crippen LogP) is 5.15. The van der Waals surface area contributed by atoms with Gasteiger partial charge in [-0.05, 0) is 25.3 Å². The third-order valence-electron chi connectivity index (χ3n) is 5.52. The Morgan fingerprint density at radius 3 is 2.44 bits per heavy atom. The number of nitrogens with zero attached hydrogens (tertiary/aromatic N) is 3. The maximum absolute atomic E-state index is 4.80. The molecule has 0 amide bonds. The molecule has 1 saturated heterocycles. The Balaban J connectivity index is 0.00000289. The van der Waals surface area contributed by atoms with E-state index >= 15 is 0 Å². The van der Waals surface area contributed by atoms with Gasteiger partial charge >= 0.3 is 0 Å². The average Bonchev–Trinajstić information content (AvgIpc) is 3.29. The van der Waals surface area contributed by atoms with E-state index in [4.69, 9.17) is 9.98 Å². The summed E-state index contributed by atoms with van der Waals surface area (Å²) in [6, 6.07) is 21.5. The van der Waals surface area contributed by atoms with Crippen LogP contribution in [-0.2, 0) is 13.1 Å². The molecule has 0 unspecified atom stereocenters. The predicted molar refractivity (Wildman–Crippen MR) is 146 cm³/mol.